The van der Waals surface area contributed by atoms with E-state index in [2.05, 4.69) is 20.2 Å². The Morgan fingerprint density at radius 1 is 1.16 bits per heavy atom. The molecule has 0 saturated carbocycles. The zero-order chi connectivity index (χ0) is 21.8. The number of anilines is 2. The molecule has 0 radical (unpaired) electrons. The number of halogens is 1. The number of aromatic nitrogens is 2. The van der Waals surface area contributed by atoms with Crippen LogP contribution in [0.15, 0.2) is 36.5 Å². The molecule has 1 saturated heterocycles. The first-order chi connectivity index (χ1) is 15.0. The molecule has 9 heteroatoms. The number of nitrogens with zero attached hydrogens (tertiary/aromatic N) is 4. The van der Waals surface area contributed by atoms with E-state index in [1.807, 2.05) is 36.1 Å². The fraction of sp³-hybridized carbons (Fsp3) is 0.364. The quantitative estimate of drug-likeness (QED) is 0.623. The molecule has 1 N–H and O–H groups in total. The summed E-state index contributed by atoms with van der Waals surface area (Å²) in [6, 6.07) is 9.23. The predicted octanol–water partition coefficient (Wildman–Crippen LogP) is 4.11. The van der Waals surface area contributed by atoms with Gasteiger partial charge in [0.15, 0.2) is 5.13 Å². The number of hydrogen-bond donors (Lipinski definition) is 1. The highest BCUT2D eigenvalue weighted by molar-refractivity contribution is 7.21. The van der Waals surface area contributed by atoms with Crippen molar-refractivity contribution in [1.82, 2.24) is 14.9 Å². The molecule has 7 nitrogen and oxygen atoms in total. The lowest BCUT2D eigenvalue weighted by Gasteiger charge is -2.21. The Balaban J connectivity index is 1.28. The van der Waals surface area contributed by atoms with Crippen LogP contribution in [0.4, 0.5) is 10.8 Å². The zero-order valence-corrected chi connectivity index (χ0v) is 18.9. The average molecular weight is 458 g/mol. The smallest absolute Gasteiger partial charge is 0.224 e. The highest BCUT2D eigenvalue weighted by atomic mass is 35.5. The van der Waals surface area contributed by atoms with Crippen molar-refractivity contribution < 1.29 is 9.59 Å². The van der Waals surface area contributed by atoms with E-state index >= 15 is 0 Å². The molecule has 1 aliphatic rings. The van der Waals surface area contributed by atoms with Crippen molar-refractivity contribution in [2.24, 2.45) is 0 Å². The second kappa shape index (κ2) is 9.62. The maximum absolute atomic E-state index is 12.7. The van der Waals surface area contributed by atoms with Crippen molar-refractivity contribution in [3.63, 3.8) is 0 Å². The van der Waals surface area contributed by atoms with Crippen LogP contribution >= 0.6 is 22.9 Å². The Bertz CT molecular complexity index is 1070. The fourth-order valence-electron chi connectivity index (χ4n) is 3.52. The molecule has 3 aromatic rings. The molecule has 1 fully saturated rings. The van der Waals surface area contributed by atoms with E-state index in [1.54, 1.807) is 23.6 Å². The summed E-state index contributed by atoms with van der Waals surface area (Å²) in [6.45, 7) is 4.78. The SMILES string of the molecule is Cc1ccc(NC(=O)CCC(=O)N2CCCN(c3nc4cccnc4s3)CC2)cc1Cl. The van der Waals surface area contributed by atoms with Crippen LogP contribution < -0.4 is 10.2 Å². The minimum atomic E-state index is -0.188. The number of fused-ring (bicyclic) bond motifs is 1. The van der Waals surface area contributed by atoms with E-state index in [-0.39, 0.29) is 24.7 Å². The van der Waals surface area contributed by atoms with E-state index in [0.717, 1.165) is 40.6 Å². The Labute approximate surface area is 190 Å². The summed E-state index contributed by atoms with van der Waals surface area (Å²) >= 11 is 7.68. The number of aryl methyl sites for hydroxylation is 1. The Morgan fingerprint density at radius 2 is 2.03 bits per heavy atom. The maximum Gasteiger partial charge on any atom is 0.224 e. The van der Waals surface area contributed by atoms with Crippen molar-refractivity contribution in [1.29, 1.82) is 0 Å². The van der Waals surface area contributed by atoms with Gasteiger partial charge in [-0.3, -0.25) is 9.59 Å². The van der Waals surface area contributed by atoms with Gasteiger partial charge in [0.1, 0.15) is 10.3 Å². The highest BCUT2D eigenvalue weighted by Crippen LogP contribution is 2.27. The molecule has 1 aliphatic heterocycles. The minimum Gasteiger partial charge on any atom is -0.346 e. The number of nitrogens with one attached hydrogen (secondary N) is 1. The molecular weight excluding hydrogens is 434 g/mol. The Morgan fingerprint density at radius 3 is 2.84 bits per heavy atom. The number of amides is 2. The van der Waals surface area contributed by atoms with Crippen LogP contribution in [0.5, 0.6) is 0 Å². The predicted molar refractivity (Wildman–Crippen MR) is 125 cm³/mol. The van der Waals surface area contributed by atoms with Crippen LogP contribution in [-0.4, -0.2) is 52.9 Å². The van der Waals surface area contributed by atoms with Crippen LogP contribution in [-0.2, 0) is 9.59 Å². The van der Waals surface area contributed by atoms with Crippen LogP contribution in [0.3, 0.4) is 0 Å². The molecule has 2 amide bonds. The second-order valence-corrected chi connectivity index (χ2v) is 8.92. The van der Waals surface area contributed by atoms with Gasteiger partial charge in [-0.25, -0.2) is 9.97 Å². The summed E-state index contributed by atoms with van der Waals surface area (Å²) in [5.41, 5.74) is 2.50. The summed E-state index contributed by atoms with van der Waals surface area (Å²) in [6.07, 6.45) is 2.98. The third kappa shape index (κ3) is 5.32. The summed E-state index contributed by atoms with van der Waals surface area (Å²) in [5.74, 6) is -0.184. The van der Waals surface area contributed by atoms with Crippen molar-refractivity contribution >= 4 is 55.9 Å². The highest BCUT2D eigenvalue weighted by Gasteiger charge is 2.21. The molecule has 0 bridgehead atoms. The van der Waals surface area contributed by atoms with E-state index in [9.17, 15) is 9.59 Å². The lowest BCUT2D eigenvalue weighted by atomic mass is 10.2. The van der Waals surface area contributed by atoms with Crippen molar-refractivity contribution in [3.05, 3.63) is 47.1 Å². The topological polar surface area (TPSA) is 78.4 Å². The number of carbonyl (C=O) groups is 2. The molecule has 4 rings (SSSR count). The molecular formula is C22H24ClN5O2S. The number of rotatable bonds is 5. The van der Waals surface area contributed by atoms with E-state index < -0.39 is 0 Å². The summed E-state index contributed by atoms with van der Waals surface area (Å²) in [7, 11) is 0. The van der Waals surface area contributed by atoms with Gasteiger partial charge >= 0.3 is 0 Å². The van der Waals surface area contributed by atoms with Crippen LogP contribution in [0.2, 0.25) is 5.02 Å². The van der Waals surface area contributed by atoms with Gasteiger partial charge in [0.2, 0.25) is 11.8 Å². The Hall–Kier alpha value is -2.71. The van der Waals surface area contributed by atoms with E-state index in [4.69, 9.17) is 11.6 Å². The van der Waals surface area contributed by atoms with E-state index in [1.165, 1.54) is 0 Å². The van der Waals surface area contributed by atoms with Crippen LogP contribution in [0.25, 0.3) is 10.3 Å². The van der Waals surface area contributed by atoms with Gasteiger partial charge in [0.05, 0.1) is 0 Å². The third-order valence-corrected chi connectivity index (χ3v) is 6.74. The standard InChI is InChI=1S/C22H24ClN5O2S/c1-15-5-6-16(14-17(15)23)25-19(29)7-8-20(30)27-10-3-11-28(13-12-27)22-26-18-4-2-9-24-21(18)31-22/h2,4-6,9,14H,3,7-8,10-13H2,1H3,(H,25,29). The number of thiazole rings is 1. The van der Waals surface area contributed by atoms with Gasteiger partial charge in [-0.2, -0.15) is 0 Å². The van der Waals surface area contributed by atoms with Gasteiger partial charge in [-0.15, -0.1) is 0 Å². The average Bonchev–Trinajstić information content (AvgIpc) is 3.04. The summed E-state index contributed by atoms with van der Waals surface area (Å²) in [5, 5.41) is 4.35. The van der Waals surface area contributed by atoms with Crippen molar-refractivity contribution in [2.75, 3.05) is 36.4 Å². The first kappa shape index (κ1) is 21.5. The molecule has 0 spiro atoms. The van der Waals surface area contributed by atoms with E-state index in [0.29, 0.717) is 23.8 Å². The molecule has 31 heavy (non-hydrogen) atoms. The number of carbonyl (C=O) groups excluding carboxylic acids is 2. The lowest BCUT2D eigenvalue weighted by Crippen LogP contribution is -2.35. The first-order valence-electron chi connectivity index (χ1n) is 10.3. The Kier molecular flexibility index (Phi) is 6.67. The van der Waals surface area contributed by atoms with Gasteiger partial charge in [-0.05, 0) is 43.2 Å². The maximum atomic E-state index is 12.7. The summed E-state index contributed by atoms with van der Waals surface area (Å²) in [4.78, 5) is 38.9. The van der Waals surface area contributed by atoms with Gasteiger partial charge in [0, 0.05) is 55.9 Å². The van der Waals surface area contributed by atoms with Crippen molar-refractivity contribution in [3.8, 4) is 0 Å². The van der Waals surface area contributed by atoms with Gasteiger partial charge < -0.3 is 15.1 Å². The lowest BCUT2D eigenvalue weighted by molar-refractivity contribution is -0.132. The molecule has 3 heterocycles. The minimum absolute atomic E-state index is 0.00454. The largest absolute Gasteiger partial charge is 0.346 e. The van der Waals surface area contributed by atoms with Gasteiger partial charge in [-0.1, -0.05) is 29.0 Å². The zero-order valence-electron chi connectivity index (χ0n) is 17.3. The number of pyridine rings is 1. The second-order valence-electron chi connectivity index (χ2n) is 7.56. The normalized spacial score (nSPS) is 14.5. The molecule has 0 atom stereocenters. The van der Waals surface area contributed by atoms with Crippen LogP contribution in [0, 0.1) is 6.92 Å². The number of benzene rings is 1. The monoisotopic (exact) mass is 457 g/mol. The molecule has 162 valence electrons. The van der Waals surface area contributed by atoms with Crippen LogP contribution in [0.1, 0.15) is 24.8 Å². The number of hydrogen-bond acceptors (Lipinski definition) is 6. The third-order valence-electron chi connectivity index (χ3n) is 5.30. The molecule has 0 unspecified atom stereocenters. The van der Waals surface area contributed by atoms with Crippen molar-refractivity contribution in [2.45, 2.75) is 26.2 Å². The molecule has 1 aromatic carbocycles. The molecule has 0 aliphatic carbocycles. The van der Waals surface area contributed by atoms with Gasteiger partial charge in [0.25, 0.3) is 0 Å². The molecule has 2 aromatic heterocycles. The first-order valence-corrected chi connectivity index (χ1v) is 11.5. The summed E-state index contributed by atoms with van der Waals surface area (Å²) < 4.78 is 0. The fourth-order valence-corrected chi connectivity index (χ4v) is 4.67.